The molecule has 0 radical (unpaired) electrons. The maximum atomic E-state index is 13.5. The van der Waals surface area contributed by atoms with Gasteiger partial charge in [0.1, 0.15) is 5.82 Å². The maximum Gasteiger partial charge on any atom is 0.243 e. The monoisotopic (exact) mass is 364 g/mol. The fourth-order valence-electron chi connectivity index (χ4n) is 2.41. The Morgan fingerprint density at radius 1 is 1.50 bits per heavy atom. The normalized spacial score (nSPS) is 22.7. The number of sulfonamides is 1. The highest BCUT2D eigenvalue weighted by atomic mass is 79.9. The third kappa shape index (κ3) is 3.21. The molecule has 0 spiro atoms. The van der Waals surface area contributed by atoms with Gasteiger partial charge in [-0.05, 0) is 59.8 Å². The van der Waals surface area contributed by atoms with Gasteiger partial charge in [-0.3, -0.25) is 0 Å². The molecular formula is C13H18BrFN2O2S. The van der Waals surface area contributed by atoms with Crippen molar-refractivity contribution in [3.05, 3.63) is 28.5 Å². The molecule has 2 unspecified atom stereocenters. The number of nitrogens with zero attached hydrogens (tertiary/aromatic N) is 1. The van der Waals surface area contributed by atoms with Crippen LogP contribution in [0, 0.1) is 11.7 Å². The number of piperidine rings is 1. The van der Waals surface area contributed by atoms with E-state index in [9.17, 15) is 12.8 Å². The first-order valence-corrected chi connectivity index (χ1v) is 8.76. The van der Waals surface area contributed by atoms with Crippen molar-refractivity contribution in [3.8, 4) is 0 Å². The van der Waals surface area contributed by atoms with Crippen molar-refractivity contribution in [1.82, 2.24) is 4.31 Å². The molecule has 1 aliphatic heterocycles. The van der Waals surface area contributed by atoms with E-state index >= 15 is 0 Å². The van der Waals surface area contributed by atoms with Crippen LogP contribution in [0.3, 0.4) is 0 Å². The first-order valence-electron chi connectivity index (χ1n) is 6.53. The standard InChI is InChI=1S/C13H18BrFN2O2S/c1-9(16)10-3-2-6-17(8-10)20(18,19)11-4-5-12(14)13(15)7-11/h4-5,7,9-10H,2-3,6,8,16H2,1H3. The van der Waals surface area contributed by atoms with E-state index in [1.807, 2.05) is 6.92 Å². The topological polar surface area (TPSA) is 63.4 Å². The van der Waals surface area contributed by atoms with Crippen LogP contribution in [-0.4, -0.2) is 31.9 Å². The molecule has 2 N–H and O–H groups in total. The van der Waals surface area contributed by atoms with Crippen LogP contribution in [0.1, 0.15) is 19.8 Å². The number of hydrogen-bond donors (Lipinski definition) is 1. The quantitative estimate of drug-likeness (QED) is 0.894. The van der Waals surface area contributed by atoms with Crippen molar-refractivity contribution in [2.75, 3.05) is 13.1 Å². The molecule has 112 valence electrons. The Kier molecular flexibility index (Phi) is 4.84. The fraction of sp³-hybridized carbons (Fsp3) is 0.538. The van der Waals surface area contributed by atoms with Gasteiger partial charge in [0.2, 0.25) is 10.0 Å². The van der Waals surface area contributed by atoms with Crippen LogP contribution in [0.5, 0.6) is 0 Å². The van der Waals surface area contributed by atoms with Gasteiger partial charge in [-0.25, -0.2) is 12.8 Å². The molecule has 2 atom stereocenters. The summed E-state index contributed by atoms with van der Waals surface area (Å²) in [4.78, 5) is -0.0106. The highest BCUT2D eigenvalue weighted by Gasteiger charge is 2.31. The average Bonchev–Trinajstić information content (AvgIpc) is 2.42. The lowest BCUT2D eigenvalue weighted by Crippen LogP contribution is -2.44. The summed E-state index contributed by atoms with van der Waals surface area (Å²) < 4.78 is 40.2. The van der Waals surface area contributed by atoms with Crippen molar-refractivity contribution < 1.29 is 12.8 Å². The summed E-state index contributed by atoms with van der Waals surface area (Å²) in [7, 11) is -3.65. The number of nitrogens with two attached hydrogens (primary N) is 1. The van der Waals surface area contributed by atoms with Crippen LogP contribution in [0.25, 0.3) is 0 Å². The molecule has 1 saturated heterocycles. The third-order valence-electron chi connectivity index (χ3n) is 3.69. The van der Waals surface area contributed by atoms with E-state index in [4.69, 9.17) is 5.73 Å². The Balaban J connectivity index is 2.27. The molecule has 0 aromatic heterocycles. The van der Waals surface area contributed by atoms with Gasteiger partial charge in [-0.1, -0.05) is 0 Å². The van der Waals surface area contributed by atoms with Crippen LogP contribution in [0.2, 0.25) is 0 Å². The first-order chi connectivity index (χ1) is 9.32. The van der Waals surface area contributed by atoms with E-state index in [2.05, 4.69) is 15.9 Å². The minimum Gasteiger partial charge on any atom is -0.328 e. The summed E-state index contributed by atoms with van der Waals surface area (Å²) in [6, 6.07) is 3.83. The summed E-state index contributed by atoms with van der Waals surface area (Å²) in [5.41, 5.74) is 5.87. The van der Waals surface area contributed by atoms with Gasteiger partial charge >= 0.3 is 0 Å². The van der Waals surface area contributed by atoms with Gasteiger partial charge in [-0.15, -0.1) is 0 Å². The van der Waals surface area contributed by atoms with E-state index in [1.54, 1.807) is 0 Å². The highest BCUT2D eigenvalue weighted by molar-refractivity contribution is 9.10. The zero-order valence-electron chi connectivity index (χ0n) is 11.2. The minimum absolute atomic E-state index is 0.0106. The lowest BCUT2D eigenvalue weighted by atomic mass is 9.93. The Morgan fingerprint density at radius 2 is 2.20 bits per heavy atom. The van der Waals surface area contributed by atoms with E-state index in [0.29, 0.717) is 13.1 Å². The van der Waals surface area contributed by atoms with Gasteiger partial charge < -0.3 is 5.73 Å². The second-order valence-electron chi connectivity index (χ2n) is 5.20. The van der Waals surface area contributed by atoms with Crippen molar-refractivity contribution in [3.63, 3.8) is 0 Å². The molecule has 0 saturated carbocycles. The summed E-state index contributed by atoms with van der Waals surface area (Å²) in [6.07, 6.45) is 1.71. The number of rotatable bonds is 3. The molecule has 4 nitrogen and oxygen atoms in total. The molecule has 0 amide bonds. The SMILES string of the molecule is CC(N)C1CCCN(S(=O)(=O)c2ccc(Br)c(F)c2)C1. The highest BCUT2D eigenvalue weighted by Crippen LogP contribution is 2.27. The third-order valence-corrected chi connectivity index (χ3v) is 6.20. The van der Waals surface area contributed by atoms with E-state index in [-0.39, 0.29) is 21.3 Å². The predicted molar refractivity (Wildman–Crippen MR) is 79.2 cm³/mol. The number of benzene rings is 1. The predicted octanol–water partition coefficient (Wildman–Crippen LogP) is 2.34. The molecule has 1 fully saturated rings. The Morgan fingerprint density at radius 3 is 2.80 bits per heavy atom. The Hall–Kier alpha value is -0.500. The van der Waals surface area contributed by atoms with Gasteiger partial charge in [-0.2, -0.15) is 4.31 Å². The second-order valence-corrected chi connectivity index (χ2v) is 7.99. The smallest absolute Gasteiger partial charge is 0.243 e. The van der Waals surface area contributed by atoms with Crippen molar-refractivity contribution >= 4 is 26.0 Å². The molecule has 2 rings (SSSR count). The largest absolute Gasteiger partial charge is 0.328 e. The Bertz CT molecular complexity index is 592. The maximum absolute atomic E-state index is 13.5. The van der Waals surface area contributed by atoms with Crippen LogP contribution in [0.15, 0.2) is 27.6 Å². The molecule has 1 heterocycles. The van der Waals surface area contributed by atoms with E-state index in [0.717, 1.165) is 18.9 Å². The minimum atomic E-state index is -3.65. The summed E-state index contributed by atoms with van der Waals surface area (Å²) >= 11 is 3.02. The molecular weight excluding hydrogens is 347 g/mol. The van der Waals surface area contributed by atoms with E-state index < -0.39 is 15.8 Å². The average molecular weight is 365 g/mol. The molecule has 20 heavy (non-hydrogen) atoms. The summed E-state index contributed by atoms with van der Waals surface area (Å²) in [6.45, 7) is 2.75. The first kappa shape index (κ1) is 15.9. The molecule has 1 aromatic rings. The molecule has 0 bridgehead atoms. The lowest BCUT2D eigenvalue weighted by Gasteiger charge is -2.33. The number of hydrogen-bond acceptors (Lipinski definition) is 3. The van der Waals surface area contributed by atoms with Crippen LogP contribution in [0.4, 0.5) is 4.39 Å². The Labute approximate surface area is 127 Å². The molecule has 1 aromatic carbocycles. The van der Waals surface area contributed by atoms with Crippen LogP contribution < -0.4 is 5.73 Å². The van der Waals surface area contributed by atoms with Gasteiger partial charge in [0.25, 0.3) is 0 Å². The molecule has 1 aliphatic rings. The molecule has 0 aliphatic carbocycles. The van der Waals surface area contributed by atoms with Crippen molar-refractivity contribution in [2.24, 2.45) is 11.7 Å². The van der Waals surface area contributed by atoms with Crippen LogP contribution in [-0.2, 0) is 10.0 Å². The lowest BCUT2D eigenvalue weighted by molar-refractivity contribution is 0.243. The van der Waals surface area contributed by atoms with Gasteiger partial charge in [0.15, 0.2) is 0 Å². The van der Waals surface area contributed by atoms with Crippen LogP contribution >= 0.6 is 15.9 Å². The van der Waals surface area contributed by atoms with Crippen molar-refractivity contribution in [2.45, 2.75) is 30.7 Å². The zero-order chi connectivity index (χ0) is 14.9. The van der Waals surface area contributed by atoms with Gasteiger partial charge in [0, 0.05) is 19.1 Å². The number of halogens is 2. The fourth-order valence-corrected chi connectivity index (χ4v) is 4.20. The van der Waals surface area contributed by atoms with Crippen molar-refractivity contribution in [1.29, 1.82) is 0 Å². The second kappa shape index (κ2) is 6.09. The zero-order valence-corrected chi connectivity index (χ0v) is 13.6. The van der Waals surface area contributed by atoms with Gasteiger partial charge in [0.05, 0.1) is 9.37 Å². The summed E-state index contributed by atoms with van der Waals surface area (Å²) in [5.74, 6) is -0.425. The summed E-state index contributed by atoms with van der Waals surface area (Å²) in [5, 5.41) is 0. The molecule has 7 heteroatoms. The van der Waals surface area contributed by atoms with E-state index in [1.165, 1.54) is 16.4 Å².